The Kier molecular flexibility index (Phi) is 4.89. The minimum Gasteiger partial charge on any atom is -0.475 e. The largest absolute Gasteiger partial charge is 0.475 e. The average molecular weight is 322 g/mol. The number of aryl methyl sites for hydroxylation is 2. The molecule has 24 heavy (non-hydrogen) atoms. The molecule has 1 unspecified atom stereocenters. The zero-order valence-corrected chi connectivity index (χ0v) is 15.0. The van der Waals surface area contributed by atoms with Gasteiger partial charge in [-0.3, -0.25) is 0 Å². The second-order valence-corrected chi connectivity index (χ2v) is 6.64. The molecule has 0 aliphatic carbocycles. The SMILES string of the molecule is CCC(C)[C@H]1COC(c2ccccc2Nc2c(C)cccc2C)=N1. The number of rotatable bonds is 5. The summed E-state index contributed by atoms with van der Waals surface area (Å²) in [5.41, 5.74) is 5.69. The van der Waals surface area contributed by atoms with E-state index in [2.05, 4.69) is 63.3 Å². The van der Waals surface area contributed by atoms with Gasteiger partial charge in [-0.2, -0.15) is 0 Å². The molecule has 0 saturated carbocycles. The van der Waals surface area contributed by atoms with Gasteiger partial charge in [0, 0.05) is 5.69 Å². The molecular weight excluding hydrogens is 296 g/mol. The number of nitrogens with one attached hydrogen (secondary N) is 1. The highest BCUT2D eigenvalue weighted by Gasteiger charge is 2.25. The van der Waals surface area contributed by atoms with Crippen LogP contribution in [0.1, 0.15) is 37.0 Å². The molecule has 2 aromatic carbocycles. The number of hydrogen-bond donors (Lipinski definition) is 1. The maximum Gasteiger partial charge on any atom is 0.218 e. The van der Waals surface area contributed by atoms with Gasteiger partial charge in [-0.05, 0) is 43.0 Å². The summed E-state index contributed by atoms with van der Waals surface area (Å²) in [5, 5.41) is 3.58. The van der Waals surface area contributed by atoms with Crippen LogP contribution in [0, 0.1) is 19.8 Å². The highest BCUT2D eigenvalue weighted by atomic mass is 16.5. The van der Waals surface area contributed by atoms with E-state index in [0.29, 0.717) is 12.5 Å². The molecule has 2 atom stereocenters. The fourth-order valence-corrected chi connectivity index (χ4v) is 3.03. The van der Waals surface area contributed by atoms with Crippen LogP contribution in [0.2, 0.25) is 0 Å². The van der Waals surface area contributed by atoms with Gasteiger partial charge in [0.1, 0.15) is 6.61 Å². The summed E-state index contributed by atoms with van der Waals surface area (Å²) in [5.74, 6) is 1.30. The third-order valence-corrected chi connectivity index (χ3v) is 4.87. The Balaban J connectivity index is 1.92. The summed E-state index contributed by atoms with van der Waals surface area (Å²) in [7, 11) is 0. The van der Waals surface area contributed by atoms with Gasteiger partial charge in [-0.15, -0.1) is 0 Å². The quantitative estimate of drug-likeness (QED) is 0.817. The van der Waals surface area contributed by atoms with E-state index >= 15 is 0 Å². The maximum absolute atomic E-state index is 5.92. The Bertz CT molecular complexity index is 731. The molecule has 126 valence electrons. The predicted molar refractivity (Wildman–Crippen MR) is 101 cm³/mol. The standard InChI is InChI=1S/C21H26N2O/c1-5-14(2)19-13-24-21(23-19)17-11-6-7-12-18(17)22-20-15(3)9-8-10-16(20)4/h6-12,14,19,22H,5,13H2,1-4H3/t14?,19-/m1/s1. The number of anilines is 2. The van der Waals surface area contributed by atoms with Gasteiger partial charge in [-0.1, -0.05) is 50.6 Å². The fraction of sp³-hybridized carbons (Fsp3) is 0.381. The average Bonchev–Trinajstić information content (AvgIpc) is 3.08. The summed E-state index contributed by atoms with van der Waals surface area (Å²) in [6.07, 6.45) is 1.12. The van der Waals surface area contributed by atoms with Crippen LogP contribution in [0.25, 0.3) is 0 Å². The van der Waals surface area contributed by atoms with E-state index in [4.69, 9.17) is 9.73 Å². The number of hydrogen-bond acceptors (Lipinski definition) is 3. The zero-order valence-electron chi connectivity index (χ0n) is 15.0. The summed E-state index contributed by atoms with van der Waals surface area (Å²) in [4.78, 5) is 4.83. The van der Waals surface area contributed by atoms with Gasteiger partial charge < -0.3 is 10.1 Å². The van der Waals surface area contributed by atoms with E-state index in [1.54, 1.807) is 0 Å². The van der Waals surface area contributed by atoms with Crippen LogP contribution < -0.4 is 5.32 Å². The molecule has 2 aromatic rings. The van der Waals surface area contributed by atoms with Crippen LogP contribution in [0.15, 0.2) is 47.5 Å². The van der Waals surface area contributed by atoms with E-state index in [1.807, 2.05) is 12.1 Å². The van der Waals surface area contributed by atoms with Crippen molar-refractivity contribution < 1.29 is 4.74 Å². The van der Waals surface area contributed by atoms with E-state index in [1.165, 1.54) is 11.1 Å². The van der Waals surface area contributed by atoms with Gasteiger partial charge in [0.15, 0.2) is 0 Å². The van der Waals surface area contributed by atoms with Crippen LogP contribution in [-0.2, 0) is 4.74 Å². The fourth-order valence-electron chi connectivity index (χ4n) is 3.03. The first-order valence-corrected chi connectivity index (χ1v) is 8.73. The first-order valence-electron chi connectivity index (χ1n) is 8.73. The predicted octanol–water partition coefficient (Wildman–Crippen LogP) is 5.24. The molecular formula is C21H26N2O. The van der Waals surface area contributed by atoms with E-state index < -0.39 is 0 Å². The van der Waals surface area contributed by atoms with Crippen molar-refractivity contribution in [1.29, 1.82) is 0 Å². The lowest BCUT2D eigenvalue weighted by Crippen LogP contribution is -2.16. The van der Waals surface area contributed by atoms with E-state index in [0.717, 1.165) is 29.3 Å². The van der Waals surface area contributed by atoms with Crippen LogP contribution in [0.5, 0.6) is 0 Å². The van der Waals surface area contributed by atoms with Crippen molar-refractivity contribution in [2.24, 2.45) is 10.9 Å². The lowest BCUT2D eigenvalue weighted by molar-refractivity contribution is 0.282. The molecule has 0 saturated heterocycles. The molecule has 1 N–H and O–H groups in total. The first kappa shape index (κ1) is 16.6. The van der Waals surface area contributed by atoms with Gasteiger partial charge >= 0.3 is 0 Å². The molecule has 3 heteroatoms. The highest BCUT2D eigenvalue weighted by Crippen LogP contribution is 2.29. The topological polar surface area (TPSA) is 33.6 Å². The van der Waals surface area contributed by atoms with Crippen molar-refractivity contribution in [1.82, 2.24) is 0 Å². The summed E-state index contributed by atoms with van der Waals surface area (Å²) in [6.45, 7) is 9.37. The molecule has 0 fully saturated rings. The molecule has 3 rings (SSSR count). The smallest absolute Gasteiger partial charge is 0.218 e. The minimum atomic E-state index is 0.262. The third kappa shape index (κ3) is 3.30. The first-order chi connectivity index (χ1) is 11.6. The monoisotopic (exact) mass is 322 g/mol. The Morgan fingerprint density at radius 1 is 1.12 bits per heavy atom. The lowest BCUT2D eigenvalue weighted by Gasteiger charge is -2.15. The lowest BCUT2D eigenvalue weighted by atomic mass is 10.0. The number of benzene rings is 2. The van der Waals surface area contributed by atoms with Gasteiger partial charge in [0.2, 0.25) is 5.90 Å². The van der Waals surface area contributed by atoms with E-state index in [-0.39, 0.29) is 6.04 Å². The van der Waals surface area contributed by atoms with Crippen molar-refractivity contribution in [3.05, 3.63) is 59.2 Å². The van der Waals surface area contributed by atoms with Crippen molar-refractivity contribution in [3.8, 4) is 0 Å². The molecule has 0 bridgehead atoms. The molecule has 1 heterocycles. The van der Waals surface area contributed by atoms with Gasteiger partial charge in [-0.25, -0.2) is 4.99 Å². The molecule has 0 amide bonds. The maximum atomic E-state index is 5.92. The second kappa shape index (κ2) is 7.08. The molecule has 3 nitrogen and oxygen atoms in total. The normalized spacial score (nSPS) is 18.0. The molecule has 0 aromatic heterocycles. The Hall–Kier alpha value is -2.29. The Morgan fingerprint density at radius 3 is 2.54 bits per heavy atom. The van der Waals surface area contributed by atoms with Crippen molar-refractivity contribution in [3.63, 3.8) is 0 Å². The number of ether oxygens (including phenoxy) is 1. The van der Waals surface area contributed by atoms with Crippen LogP contribution in [0.3, 0.4) is 0 Å². The minimum absolute atomic E-state index is 0.262. The molecule has 1 aliphatic heterocycles. The molecule has 0 spiro atoms. The highest BCUT2D eigenvalue weighted by molar-refractivity contribution is 6.01. The van der Waals surface area contributed by atoms with Crippen molar-refractivity contribution in [2.45, 2.75) is 40.2 Å². The number of para-hydroxylation sites is 2. The molecule has 0 radical (unpaired) electrons. The van der Waals surface area contributed by atoms with Gasteiger partial charge in [0.25, 0.3) is 0 Å². The Labute approximate surface area is 144 Å². The van der Waals surface area contributed by atoms with Crippen LogP contribution in [-0.4, -0.2) is 18.5 Å². The Morgan fingerprint density at radius 2 is 1.83 bits per heavy atom. The zero-order chi connectivity index (χ0) is 17.1. The van der Waals surface area contributed by atoms with Gasteiger partial charge in [0.05, 0.1) is 17.3 Å². The summed E-state index contributed by atoms with van der Waals surface area (Å²) < 4.78 is 5.92. The molecule has 1 aliphatic rings. The summed E-state index contributed by atoms with van der Waals surface area (Å²) in [6, 6.07) is 14.8. The number of aliphatic imine (C=N–C) groups is 1. The van der Waals surface area contributed by atoms with Crippen molar-refractivity contribution >= 4 is 17.3 Å². The van der Waals surface area contributed by atoms with E-state index in [9.17, 15) is 0 Å². The van der Waals surface area contributed by atoms with Crippen molar-refractivity contribution in [2.75, 3.05) is 11.9 Å². The number of nitrogens with zero attached hydrogens (tertiary/aromatic N) is 1. The van der Waals surface area contributed by atoms with Crippen LogP contribution >= 0.6 is 0 Å². The van der Waals surface area contributed by atoms with Crippen LogP contribution in [0.4, 0.5) is 11.4 Å². The third-order valence-electron chi connectivity index (χ3n) is 4.87. The second-order valence-electron chi connectivity index (χ2n) is 6.64. The summed E-state index contributed by atoms with van der Waals surface area (Å²) >= 11 is 0.